The van der Waals surface area contributed by atoms with E-state index in [0.717, 1.165) is 12.8 Å². The summed E-state index contributed by atoms with van der Waals surface area (Å²) in [4.78, 5) is 30.1. The molecular formula is C18H24N4O3. The molecule has 1 aromatic rings. The van der Waals surface area contributed by atoms with Crippen molar-refractivity contribution in [2.75, 3.05) is 31.6 Å². The van der Waals surface area contributed by atoms with E-state index < -0.39 is 0 Å². The Morgan fingerprint density at radius 2 is 2.32 bits per heavy atom. The highest BCUT2D eigenvalue weighted by Crippen LogP contribution is 2.19. The number of hydrogen-bond acceptors (Lipinski definition) is 6. The Bertz CT molecular complexity index is 654. The van der Waals surface area contributed by atoms with Crippen molar-refractivity contribution in [3.8, 4) is 6.07 Å². The van der Waals surface area contributed by atoms with Crippen LogP contribution in [-0.2, 0) is 14.3 Å². The predicted octanol–water partition coefficient (Wildman–Crippen LogP) is 1.80. The molecule has 1 atom stereocenters. The molecule has 0 aliphatic carbocycles. The number of esters is 1. The number of pyridine rings is 1. The zero-order valence-corrected chi connectivity index (χ0v) is 14.7. The number of nitriles is 1. The first-order chi connectivity index (χ1) is 12.0. The van der Waals surface area contributed by atoms with E-state index in [-0.39, 0.29) is 30.3 Å². The summed E-state index contributed by atoms with van der Waals surface area (Å²) in [6, 6.07) is 5.41. The second-order valence-corrected chi connectivity index (χ2v) is 6.38. The van der Waals surface area contributed by atoms with Crippen molar-refractivity contribution in [1.29, 1.82) is 5.26 Å². The minimum atomic E-state index is -0.274. The molecule has 0 bridgehead atoms. The number of aromatic nitrogens is 1. The van der Waals surface area contributed by atoms with E-state index in [2.05, 4.69) is 16.4 Å². The van der Waals surface area contributed by atoms with Gasteiger partial charge in [-0.1, -0.05) is 13.8 Å². The molecule has 2 rings (SSSR count). The number of nitrogens with zero attached hydrogens (tertiary/aromatic N) is 3. The fourth-order valence-corrected chi connectivity index (χ4v) is 2.81. The number of rotatable bonds is 6. The Morgan fingerprint density at radius 1 is 1.52 bits per heavy atom. The first-order valence-electron chi connectivity index (χ1n) is 8.57. The summed E-state index contributed by atoms with van der Waals surface area (Å²) in [5.41, 5.74) is 0.448. The van der Waals surface area contributed by atoms with Crippen LogP contribution in [0, 0.1) is 23.2 Å². The van der Waals surface area contributed by atoms with Gasteiger partial charge in [-0.15, -0.1) is 0 Å². The lowest BCUT2D eigenvalue weighted by molar-refractivity contribution is -0.151. The van der Waals surface area contributed by atoms with Crippen LogP contribution in [0.1, 0.15) is 32.3 Å². The number of nitrogens with one attached hydrogen (secondary N) is 1. The maximum atomic E-state index is 12.2. The normalized spacial score (nSPS) is 17.0. The van der Waals surface area contributed by atoms with Gasteiger partial charge in [-0.25, -0.2) is 4.98 Å². The first kappa shape index (κ1) is 18.7. The lowest BCUT2D eigenvalue weighted by atomic mass is 9.97. The fraction of sp³-hybridized carbons (Fsp3) is 0.556. The second-order valence-electron chi connectivity index (χ2n) is 6.38. The van der Waals surface area contributed by atoms with Gasteiger partial charge >= 0.3 is 5.97 Å². The van der Waals surface area contributed by atoms with Crippen LogP contribution < -0.4 is 5.32 Å². The maximum absolute atomic E-state index is 12.2. The molecule has 1 aliphatic rings. The topological polar surface area (TPSA) is 95.3 Å². The van der Waals surface area contributed by atoms with Crippen molar-refractivity contribution in [3.63, 3.8) is 0 Å². The molecule has 0 radical (unpaired) electrons. The van der Waals surface area contributed by atoms with Crippen molar-refractivity contribution in [1.82, 2.24) is 9.88 Å². The third-order valence-corrected chi connectivity index (χ3v) is 4.13. The quantitative estimate of drug-likeness (QED) is 0.624. The smallest absolute Gasteiger partial charge is 0.310 e. The summed E-state index contributed by atoms with van der Waals surface area (Å²) in [7, 11) is 0. The van der Waals surface area contributed by atoms with Gasteiger partial charge in [0.1, 0.15) is 18.5 Å². The van der Waals surface area contributed by atoms with Crippen LogP contribution in [0.15, 0.2) is 18.3 Å². The molecule has 2 heterocycles. The monoisotopic (exact) mass is 344 g/mol. The van der Waals surface area contributed by atoms with Crippen molar-refractivity contribution in [3.05, 3.63) is 23.9 Å². The van der Waals surface area contributed by atoms with Gasteiger partial charge in [0.15, 0.2) is 0 Å². The number of carbonyl (C=O) groups is 2. The standard InChI is InChI=1S/C18H24N4O3/c1-13(2)17(23)22-9-4-6-15(12-22)18(24)25-10-8-21-16-14(11-19)5-3-7-20-16/h3,5,7,13,15H,4,6,8-10,12H2,1-2H3,(H,20,21). The van der Waals surface area contributed by atoms with E-state index in [1.54, 1.807) is 23.2 Å². The largest absolute Gasteiger partial charge is 0.464 e. The van der Waals surface area contributed by atoms with Gasteiger partial charge in [0, 0.05) is 25.2 Å². The van der Waals surface area contributed by atoms with Gasteiger partial charge in [-0.05, 0) is 25.0 Å². The highest BCUT2D eigenvalue weighted by molar-refractivity contribution is 5.80. The predicted molar refractivity (Wildman–Crippen MR) is 92.5 cm³/mol. The molecule has 1 unspecified atom stereocenters. The summed E-state index contributed by atoms with van der Waals surface area (Å²) in [5.74, 6) is -0.0389. The van der Waals surface area contributed by atoms with Gasteiger partial charge in [0.25, 0.3) is 0 Å². The van der Waals surface area contributed by atoms with Crippen molar-refractivity contribution >= 4 is 17.7 Å². The lowest BCUT2D eigenvalue weighted by Gasteiger charge is -2.32. The Labute approximate surface area is 148 Å². The summed E-state index contributed by atoms with van der Waals surface area (Å²) < 4.78 is 5.32. The van der Waals surface area contributed by atoms with Crippen LogP contribution in [-0.4, -0.2) is 48.0 Å². The molecule has 1 N–H and O–H groups in total. The average molecular weight is 344 g/mol. The van der Waals surface area contributed by atoms with Crippen LogP contribution in [0.2, 0.25) is 0 Å². The molecular weight excluding hydrogens is 320 g/mol. The number of piperidine rings is 1. The van der Waals surface area contributed by atoms with Crippen LogP contribution in [0.3, 0.4) is 0 Å². The molecule has 7 heteroatoms. The number of amides is 1. The third kappa shape index (κ3) is 5.18. The highest BCUT2D eigenvalue weighted by Gasteiger charge is 2.30. The first-order valence-corrected chi connectivity index (χ1v) is 8.57. The average Bonchev–Trinajstić information content (AvgIpc) is 2.64. The molecule has 1 amide bonds. The number of anilines is 1. The number of ether oxygens (including phenoxy) is 1. The Morgan fingerprint density at radius 3 is 3.04 bits per heavy atom. The van der Waals surface area contributed by atoms with Gasteiger partial charge in [-0.2, -0.15) is 5.26 Å². The SMILES string of the molecule is CC(C)C(=O)N1CCCC(C(=O)OCCNc2ncccc2C#N)C1. The van der Waals surface area contributed by atoms with Gasteiger partial charge in [-0.3, -0.25) is 9.59 Å². The van der Waals surface area contributed by atoms with E-state index in [1.165, 1.54) is 0 Å². The van der Waals surface area contributed by atoms with Gasteiger partial charge in [0.05, 0.1) is 18.0 Å². The van der Waals surface area contributed by atoms with Crippen LogP contribution in [0.5, 0.6) is 0 Å². The molecule has 25 heavy (non-hydrogen) atoms. The highest BCUT2D eigenvalue weighted by atomic mass is 16.5. The van der Waals surface area contributed by atoms with Gasteiger partial charge < -0.3 is 15.0 Å². The van der Waals surface area contributed by atoms with Crippen molar-refractivity contribution in [2.45, 2.75) is 26.7 Å². The zero-order chi connectivity index (χ0) is 18.2. The molecule has 134 valence electrons. The van der Waals surface area contributed by atoms with E-state index in [9.17, 15) is 9.59 Å². The number of likely N-dealkylation sites (tertiary alicyclic amines) is 1. The summed E-state index contributed by atoms with van der Waals surface area (Å²) in [6.45, 7) is 5.43. The molecule has 0 aromatic carbocycles. The lowest BCUT2D eigenvalue weighted by Crippen LogP contribution is -2.44. The van der Waals surface area contributed by atoms with Crippen molar-refractivity contribution < 1.29 is 14.3 Å². The van der Waals surface area contributed by atoms with E-state index in [1.807, 2.05) is 13.8 Å². The summed E-state index contributed by atoms with van der Waals surface area (Å²) >= 11 is 0. The van der Waals surface area contributed by atoms with Gasteiger partial charge in [0.2, 0.25) is 5.91 Å². The second kappa shape index (κ2) is 9.02. The molecule has 7 nitrogen and oxygen atoms in total. The molecule has 1 fully saturated rings. The molecule has 1 aliphatic heterocycles. The van der Waals surface area contributed by atoms with Crippen molar-refractivity contribution in [2.24, 2.45) is 11.8 Å². The molecule has 0 saturated carbocycles. The third-order valence-electron chi connectivity index (χ3n) is 4.13. The van der Waals surface area contributed by atoms with Crippen LogP contribution in [0.25, 0.3) is 0 Å². The Hall–Kier alpha value is -2.62. The van der Waals surface area contributed by atoms with E-state index in [0.29, 0.717) is 31.0 Å². The molecule has 1 saturated heterocycles. The van der Waals surface area contributed by atoms with E-state index in [4.69, 9.17) is 10.00 Å². The number of hydrogen-bond donors (Lipinski definition) is 1. The zero-order valence-electron chi connectivity index (χ0n) is 14.7. The molecule has 1 aromatic heterocycles. The minimum absolute atomic E-state index is 0.0633. The number of carbonyl (C=O) groups excluding carboxylic acids is 2. The Balaban J connectivity index is 1.76. The Kier molecular flexibility index (Phi) is 6.75. The summed E-state index contributed by atoms with van der Waals surface area (Å²) in [6.07, 6.45) is 3.15. The minimum Gasteiger partial charge on any atom is -0.464 e. The van der Waals surface area contributed by atoms with Crippen LogP contribution >= 0.6 is 0 Å². The fourth-order valence-electron chi connectivity index (χ4n) is 2.81. The maximum Gasteiger partial charge on any atom is 0.310 e. The van der Waals surface area contributed by atoms with E-state index >= 15 is 0 Å². The van der Waals surface area contributed by atoms with Crippen LogP contribution in [0.4, 0.5) is 5.82 Å². The summed E-state index contributed by atoms with van der Waals surface area (Å²) in [5, 5.41) is 12.0. The molecule has 0 spiro atoms.